The molecule has 3 unspecified atom stereocenters. The number of benzene rings is 1. The molecule has 2 saturated heterocycles. The normalized spacial score (nSPS) is 22.1. The lowest BCUT2D eigenvalue weighted by Gasteiger charge is -2.27. The Balaban J connectivity index is 1.44. The zero-order valence-corrected chi connectivity index (χ0v) is 17.9. The van der Waals surface area contributed by atoms with E-state index in [0.717, 1.165) is 44.2 Å². The van der Waals surface area contributed by atoms with Crippen LogP contribution in [0.1, 0.15) is 12.8 Å². The van der Waals surface area contributed by atoms with Crippen LogP contribution in [-0.2, 0) is 9.47 Å². The number of hydrogen-bond acceptors (Lipinski definition) is 6. The first kappa shape index (κ1) is 20.6. The summed E-state index contributed by atoms with van der Waals surface area (Å²) in [5.74, 6) is 0.878. The highest BCUT2D eigenvalue weighted by Crippen LogP contribution is 2.23. The van der Waals surface area contributed by atoms with Crippen molar-refractivity contribution in [1.82, 2.24) is 5.32 Å². The number of aliphatic hydroxyl groups excluding tert-OH is 1. The monoisotopic (exact) mass is 394 g/mol. The maximum atomic E-state index is 10.4. The second kappa shape index (κ2) is 11.0. The average molecular weight is 395 g/mol. The van der Waals surface area contributed by atoms with Gasteiger partial charge in [-0.2, -0.15) is 0 Å². The molecule has 0 bridgehead atoms. The lowest BCUT2D eigenvalue weighted by atomic mass is 10.2. The third kappa shape index (κ3) is 8.19. The average Bonchev–Trinajstić information content (AvgIpc) is 3.57. The van der Waals surface area contributed by atoms with Crippen molar-refractivity contribution in [3.63, 3.8) is 0 Å². The van der Waals surface area contributed by atoms with Crippen molar-refractivity contribution < 1.29 is 19.3 Å². The zero-order chi connectivity index (χ0) is 18.9. The second-order valence-electron chi connectivity index (χ2n) is 7.51. The number of nitrogens with one attached hydrogen (secondary N) is 1. The van der Waals surface area contributed by atoms with E-state index in [0.29, 0.717) is 25.8 Å². The van der Waals surface area contributed by atoms with Crippen LogP contribution in [0.25, 0.3) is 0 Å². The van der Waals surface area contributed by atoms with Gasteiger partial charge in [0, 0.05) is 41.3 Å². The van der Waals surface area contributed by atoms with E-state index >= 15 is 0 Å². The number of aliphatic hydroxyl groups is 1. The van der Waals surface area contributed by atoms with Crippen molar-refractivity contribution in [2.75, 3.05) is 50.9 Å². The highest BCUT2D eigenvalue weighted by atomic mass is 28.2. The Morgan fingerprint density at radius 3 is 2.67 bits per heavy atom. The van der Waals surface area contributed by atoms with Gasteiger partial charge in [0.05, 0.1) is 38.1 Å². The van der Waals surface area contributed by atoms with Gasteiger partial charge in [-0.3, -0.25) is 0 Å². The lowest BCUT2D eigenvalue weighted by Crippen LogP contribution is -2.40. The maximum absolute atomic E-state index is 10.4. The van der Waals surface area contributed by atoms with Crippen molar-refractivity contribution in [1.29, 1.82) is 0 Å². The Hall–Kier alpha value is -1.12. The SMILES string of the molecule is C[SiH2]CCCNCC(O)CN(CC1CO1)c1ccc(OCCC2CO2)cc1. The predicted octanol–water partition coefficient (Wildman–Crippen LogP) is 1.04. The molecular formula is C20H34N2O4Si. The lowest BCUT2D eigenvalue weighted by molar-refractivity contribution is 0.176. The highest BCUT2D eigenvalue weighted by Gasteiger charge is 2.27. The summed E-state index contributed by atoms with van der Waals surface area (Å²) >= 11 is 0. The van der Waals surface area contributed by atoms with Crippen LogP contribution in [0.3, 0.4) is 0 Å². The number of anilines is 1. The molecule has 0 spiro atoms. The van der Waals surface area contributed by atoms with Gasteiger partial charge in [-0.15, -0.1) is 0 Å². The summed E-state index contributed by atoms with van der Waals surface area (Å²) in [4.78, 5) is 2.21. The van der Waals surface area contributed by atoms with Gasteiger partial charge in [-0.25, -0.2) is 0 Å². The first-order valence-corrected chi connectivity index (χ1v) is 12.8. The second-order valence-corrected chi connectivity index (χ2v) is 9.22. The molecule has 7 heteroatoms. The molecule has 1 aromatic carbocycles. The van der Waals surface area contributed by atoms with Gasteiger partial charge in [-0.1, -0.05) is 12.6 Å². The molecule has 2 aliphatic heterocycles. The Morgan fingerprint density at radius 2 is 2.00 bits per heavy atom. The molecule has 0 radical (unpaired) electrons. The minimum Gasteiger partial charge on any atom is -0.493 e. The minimum absolute atomic E-state index is 0.156. The van der Waals surface area contributed by atoms with Crippen LogP contribution in [0.4, 0.5) is 5.69 Å². The van der Waals surface area contributed by atoms with Crippen LogP contribution >= 0.6 is 0 Å². The number of epoxide rings is 2. The van der Waals surface area contributed by atoms with Crippen LogP contribution in [0, 0.1) is 0 Å². The topological polar surface area (TPSA) is 69.8 Å². The van der Waals surface area contributed by atoms with E-state index in [1.807, 2.05) is 12.1 Å². The van der Waals surface area contributed by atoms with Crippen LogP contribution in [0.15, 0.2) is 24.3 Å². The molecule has 2 fully saturated rings. The third-order valence-corrected chi connectivity index (χ3v) is 6.11. The summed E-state index contributed by atoms with van der Waals surface area (Å²) in [6.07, 6.45) is 2.47. The van der Waals surface area contributed by atoms with E-state index in [4.69, 9.17) is 14.2 Å². The third-order valence-electron chi connectivity index (χ3n) is 4.91. The number of nitrogens with zero attached hydrogens (tertiary/aromatic N) is 1. The fourth-order valence-corrected chi connectivity index (χ4v) is 3.84. The molecule has 0 aromatic heterocycles. The van der Waals surface area contributed by atoms with Gasteiger partial charge in [0.15, 0.2) is 0 Å². The number of hydrogen-bond donors (Lipinski definition) is 2. The van der Waals surface area contributed by atoms with Crippen LogP contribution in [0.2, 0.25) is 12.6 Å². The van der Waals surface area contributed by atoms with Crippen molar-refractivity contribution in [2.24, 2.45) is 0 Å². The summed E-state index contributed by atoms with van der Waals surface area (Å²) < 4.78 is 16.4. The van der Waals surface area contributed by atoms with Crippen molar-refractivity contribution in [3.8, 4) is 5.75 Å². The molecule has 2 heterocycles. The van der Waals surface area contributed by atoms with Crippen LogP contribution in [-0.4, -0.2) is 78.9 Å². The quantitative estimate of drug-likeness (QED) is 0.263. The molecule has 0 aliphatic carbocycles. The summed E-state index contributed by atoms with van der Waals surface area (Å²) in [5, 5.41) is 13.8. The maximum Gasteiger partial charge on any atom is 0.119 e. The van der Waals surface area contributed by atoms with Gasteiger partial charge in [-0.05, 0) is 37.2 Å². The Bertz CT molecular complexity index is 537. The fourth-order valence-electron chi connectivity index (χ4n) is 3.09. The standard InChI is InChI=1S/C20H34N2O4Si/c1-27-10-2-8-21-11-17(23)12-22(13-20-15-26-20)16-3-5-18(6-4-16)24-9-7-19-14-25-19/h3-6,17,19-21,23H,2,7-15,27H2,1H3. The van der Waals surface area contributed by atoms with E-state index < -0.39 is 6.10 Å². The first-order chi connectivity index (χ1) is 13.2. The first-order valence-electron chi connectivity index (χ1n) is 10.3. The van der Waals surface area contributed by atoms with Gasteiger partial charge < -0.3 is 29.5 Å². The van der Waals surface area contributed by atoms with Gasteiger partial charge in [0.1, 0.15) is 5.75 Å². The number of ether oxygens (including phenoxy) is 3. The number of rotatable bonds is 15. The summed E-state index contributed by atoms with van der Waals surface area (Å²) in [6.45, 7) is 7.78. The minimum atomic E-state index is -0.392. The Kier molecular flexibility index (Phi) is 8.41. The van der Waals surface area contributed by atoms with Gasteiger partial charge >= 0.3 is 0 Å². The van der Waals surface area contributed by atoms with Crippen molar-refractivity contribution in [3.05, 3.63) is 24.3 Å². The Labute approximate surface area is 165 Å². The zero-order valence-electron chi connectivity index (χ0n) is 16.4. The van der Waals surface area contributed by atoms with E-state index in [9.17, 15) is 5.11 Å². The summed E-state index contributed by atoms with van der Waals surface area (Å²) in [5.41, 5.74) is 1.10. The largest absolute Gasteiger partial charge is 0.493 e. The van der Waals surface area contributed by atoms with Crippen molar-refractivity contribution >= 4 is 15.2 Å². The van der Waals surface area contributed by atoms with Crippen molar-refractivity contribution in [2.45, 2.75) is 43.7 Å². The molecule has 2 aliphatic rings. The molecule has 2 N–H and O–H groups in total. The van der Waals surface area contributed by atoms with E-state index in [1.54, 1.807) is 0 Å². The molecule has 1 aromatic rings. The van der Waals surface area contributed by atoms with Crippen LogP contribution < -0.4 is 15.0 Å². The fraction of sp³-hybridized carbons (Fsp3) is 0.700. The van der Waals surface area contributed by atoms with Gasteiger partial charge in [0.25, 0.3) is 0 Å². The molecule has 27 heavy (non-hydrogen) atoms. The molecule has 3 rings (SSSR count). The summed E-state index contributed by atoms with van der Waals surface area (Å²) in [6, 6.07) is 9.51. The van der Waals surface area contributed by atoms with Crippen LogP contribution in [0.5, 0.6) is 5.75 Å². The molecule has 0 amide bonds. The van der Waals surface area contributed by atoms with E-state index in [-0.39, 0.29) is 15.6 Å². The molecule has 0 saturated carbocycles. The smallest absolute Gasteiger partial charge is 0.119 e. The predicted molar refractivity (Wildman–Crippen MR) is 111 cm³/mol. The summed E-state index contributed by atoms with van der Waals surface area (Å²) in [7, 11) is 0.156. The molecule has 3 atom stereocenters. The van der Waals surface area contributed by atoms with E-state index in [2.05, 4.69) is 28.9 Å². The van der Waals surface area contributed by atoms with Gasteiger partial charge in [0.2, 0.25) is 0 Å². The Morgan fingerprint density at radius 1 is 1.26 bits per heavy atom. The van der Waals surface area contributed by atoms with E-state index in [1.165, 1.54) is 12.5 Å². The molecular weight excluding hydrogens is 360 g/mol. The molecule has 6 nitrogen and oxygen atoms in total. The molecule has 152 valence electrons. The highest BCUT2D eigenvalue weighted by molar-refractivity contribution is 6.33.